The van der Waals surface area contributed by atoms with Crippen LogP contribution in [0, 0.1) is 5.92 Å². The Morgan fingerprint density at radius 3 is 2.35 bits per heavy atom. The lowest BCUT2D eigenvalue weighted by molar-refractivity contribution is -0.123. The molecule has 0 aliphatic rings. The third-order valence-electron chi connectivity index (χ3n) is 2.72. The van der Waals surface area contributed by atoms with Crippen LogP contribution in [0.25, 0.3) is 0 Å². The van der Waals surface area contributed by atoms with E-state index in [1.54, 1.807) is 0 Å². The van der Waals surface area contributed by atoms with E-state index in [2.05, 4.69) is 19.2 Å². The minimum Gasteiger partial charge on any atom is -0.348 e. The first kappa shape index (κ1) is 13.7. The molecule has 0 fully saturated rings. The Kier molecular flexibility index (Phi) is 5.16. The van der Waals surface area contributed by atoms with E-state index in [9.17, 15) is 4.79 Å². The van der Waals surface area contributed by atoms with Crippen molar-refractivity contribution in [3.05, 3.63) is 35.9 Å². The Balaban J connectivity index is 2.51. The van der Waals surface area contributed by atoms with E-state index in [0.717, 1.165) is 5.56 Å². The van der Waals surface area contributed by atoms with E-state index >= 15 is 0 Å². The number of hydrogen-bond acceptors (Lipinski definition) is 2. The molecule has 0 bridgehead atoms. The van der Waals surface area contributed by atoms with Gasteiger partial charge in [0.05, 0.1) is 12.1 Å². The Bertz CT molecular complexity index is 348. The van der Waals surface area contributed by atoms with Gasteiger partial charge in [0.1, 0.15) is 0 Å². The van der Waals surface area contributed by atoms with Crippen molar-refractivity contribution >= 4 is 5.91 Å². The van der Waals surface area contributed by atoms with Gasteiger partial charge in [0, 0.05) is 0 Å². The zero-order valence-electron chi connectivity index (χ0n) is 10.8. The minimum absolute atomic E-state index is 0.00177. The molecule has 1 amide bonds. The van der Waals surface area contributed by atoms with Gasteiger partial charge in [0.15, 0.2) is 0 Å². The van der Waals surface area contributed by atoms with Crippen LogP contribution in [0.4, 0.5) is 0 Å². The van der Waals surface area contributed by atoms with Crippen molar-refractivity contribution in [1.29, 1.82) is 0 Å². The van der Waals surface area contributed by atoms with E-state index < -0.39 is 6.04 Å². The predicted molar refractivity (Wildman–Crippen MR) is 70.4 cm³/mol. The molecule has 2 atom stereocenters. The molecule has 1 aromatic rings. The highest BCUT2D eigenvalue weighted by molar-refractivity contribution is 5.81. The smallest absolute Gasteiger partial charge is 0.237 e. The maximum Gasteiger partial charge on any atom is 0.237 e. The highest BCUT2D eigenvalue weighted by Gasteiger charge is 2.17. The number of hydrogen-bond donors (Lipinski definition) is 2. The van der Waals surface area contributed by atoms with Gasteiger partial charge >= 0.3 is 0 Å². The van der Waals surface area contributed by atoms with Crippen LogP contribution in [0.15, 0.2) is 30.3 Å². The summed E-state index contributed by atoms with van der Waals surface area (Å²) in [5.74, 6) is 0.359. The molecule has 0 heterocycles. The van der Waals surface area contributed by atoms with Gasteiger partial charge in [-0.3, -0.25) is 4.79 Å². The maximum absolute atomic E-state index is 11.8. The van der Waals surface area contributed by atoms with Crippen molar-refractivity contribution < 1.29 is 4.79 Å². The second kappa shape index (κ2) is 6.40. The van der Waals surface area contributed by atoms with Gasteiger partial charge in [-0.25, -0.2) is 0 Å². The summed E-state index contributed by atoms with van der Waals surface area (Å²) in [7, 11) is 0. The van der Waals surface area contributed by atoms with Crippen LogP contribution in [0.2, 0.25) is 0 Å². The Morgan fingerprint density at radius 1 is 1.24 bits per heavy atom. The third-order valence-corrected chi connectivity index (χ3v) is 2.72. The summed E-state index contributed by atoms with van der Waals surface area (Å²) in [5.41, 5.74) is 6.93. The molecule has 0 aliphatic heterocycles. The lowest BCUT2D eigenvalue weighted by Gasteiger charge is -2.18. The Hall–Kier alpha value is -1.35. The number of benzene rings is 1. The van der Waals surface area contributed by atoms with Gasteiger partial charge in [-0.2, -0.15) is 0 Å². The summed E-state index contributed by atoms with van der Waals surface area (Å²) in [6.07, 6.45) is 0.716. The molecule has 0 aliphatic carbocycles. The molecule has 0 saturated carbocycles. The highest BCUT2D eigenvalue weighted by Crippen LogP contribution is 2.12. The van der Waals surface area contributed by atoms with Gasteiger partial charge in [-0.1, -0.05) is 44.2 Å². The number of amides is 1. The normalized spacial score (nSPS) is 14.4. The monoisotopic (exact) mass is 234 g/mol. The zero-order chi connectivity index (χ0) is 12.8. The molecule has 1 unspecified atom stereocenters. The first-order valence-corrected chi connectivity index (χ1v) is 6.11. The molecule has 0 spiro atoms. The second-order valence-corrected chi connectivity index (χ2v) is 4.88. The largest absolute Gasteiger partial charge is 0.348 e. The van der Waals surface area contributed by atoms with Crippen molar-refractivity contribution in [1.82, 2.24) is 5.32 Å². The maximum atomic E-state index is 11.8. The molecule has 1 rings (SSSR count). The van der Waals surface area contributed by atoms with Crippen LogP contribution in [0.3, 0.4) is 0 Å². The Morgan fingerprint density at radius 2 is 1.82 bits per heavy atom. The lowest BCUT2D eigenvalue weighted by atomic mass is 10.0. The van der Waals surface area contributed by atoms with E-state index in [4.69, 9.17) is 5.73 Å². The lowest BCUT2D eigenvalue weighted by Crippen LogP contribution is -2.42. The zero-order valence-corrected chi connectivity index (χ0v) is 10.8. The molecular formula is C14H22N2O. The molecule has 1 aromatic carbocycles. The van der Waals surface area contributed by atoms with Crippen molar-refractivity contribution in [3.63, 3.8) is 0 Å². The molecule has 17 heavy (non-hydrogen) atoms. The summed E-state index contributed by atoms with van der Waals surface area (Å²) >= 11 is 0. The summed E-state index contributed by atoms with van der Waals surface area (Å²) in [4.78, 5) is 11.8. The van der Waals surface area contributed by atoms with Crippen LogP contribution in [-0.2, 0) is 4.79 Å². The fourth-order valence-corrected chi connectivity index (χ4v) is 1.76. The highest BCUT2D eigenvalue weighted by atomic mass is 16.2. The molecule has 3 heteroatoms. The van der Waals surface area contributed by atoms with Crippen LogP contribution in [0.5, 0.6) is 0 Å². The number of nitrogens with one attached hydrogen (secondary N) is 1. The van der Waals surface area contributed by atoms with Crippen molar-refractivity contribution in [2.45, 2.75) is 39.3 Å². The fourth-order valence-electron chi connectivity index (χ4n) is 1.76. The van der Waals surface area contributed by atoms with Crippen LogP contribution < -0.4 is 11.1 Å². The molecule has 3 nitrogen and oxygen atoms in total. The molecular weight excluding hydrogens is 212 g/mol. The molecule has 94 valence electrons. The van der Waals surface area contributed by atoms with Crippen molar-refractivity contribution in [2.24, 2.45) is 11.7 Å². The van der Waals surface area contributed by atoms with Gasteiger partial charge in [-0.15, -0.1) is 0 Å². The first-order valence-electron chi connectivity index (χ1n) is 6.11. The number of carbonyl (C=O) groups excluding carboxylic acids is 1. The van der Waals surface area contributed by atoms with Crippen LogP contribution in [0.1, 0.15) is 38.8 Å². The van der Waals surface area contributed by atoms with Crippen LogP contribution in [-0.4, -0.2) is 11.9 Å². The topological polar surface area (TPSA) is 55.1 Å². The number of rotatable bonds is 5. The van der Waals surface area contributed by atoms with Crippen molar-refractivity contribution in [2.75, 3.05) is 0 Å². The fraction of sp³-hybridized carbons (Fsp3) is 0.500. The van der Waals surface area contributed by atoms with Crippen molar-refractivity contribution in [3.8, 4) is 0 Å². The third kappa shape index (κ3) is 4.57. The predicted octanol–water partition coefficient (Wildman–Crippen LogP) is 2.24. The second-order valence-electron chi connectivity index (χ2n) is 4.88. The summed E-state index contributed by atoms with van der Waals surface area (Å²) in [5, 5.41) is 2.94. The average Bonchev–Trinajstić information content (AvgIpc) is 2.29. The molecule has 0 radical (unpaired) electrons. The summed E-state index contributed by atoms with van der Waals surface area (Å²) < 4.78 is 0. The van der Waals surface area contributed by atoms with E-state index in [1.165, 1.54) is 0 Å². The summed E-state index contributed by atoms with van der Waals surface area (Å²) in [6, 6.07) is 9.47. The average molecular weight is 234 g/mol. The van der Waals surface area contributed by atoms with Gasteiger partial charge in [-0.05, 0) is 24.8 Å². The standard InChI is InChI=1S/C14H22N2O/c1-10(2)9-13(15)14(17)16-11(3)12-7-5-4-6-8-12/h4-8,10-11,13H,9,15H2,1-3H3,(H,16,17)/t11-,13?/m1/s1. The first-order chi connectivity index (χ1) is 8.00. The molecule has 3 N–H and O–H groups in total. The molecule has 0 saturated heterocycles. The Labute approximate surface area is 103 Å². The number of nitrogens with two attached hydrogens (primary N) is 1. The molecule has 0 aromatic heterocycles. The summed E-state index contributed by atoms with van der Waals surface area (Å²) in [6.45, 7) is 6.09. The SMILES string of the molecule is CC(C)CC(N)C(=O)N[C@H](C)c1ccccc1. The van der Waals surface area contributed by atoms with Crippen LogP contribution >= 0.6 is 0 Å². The van der Waals surface area contributed by atoms with E-state index in [1.807, 2.05) is 37.3 Å². The number of carbonyl (C=O) groups is 1. The van der Waals surface area contributed by atoms with Gasteiger partial charge in [0.25, 0.3) is 0 Å². The quantitative estimate of drug-likeness (QED) is 0.821. The van der Waals surface area contributed by atoms with E-state index in [-0.39, 0.29) is 11.9 Å². The minimum atomic E-state index is -0.416. The van der Waals surface area contributed by atoms with E-state index in [0.29, 0.717) is 12.3 Å². The van der Waals surface area contributed by atoms with Gasteiger partial charge < -0.3 is 11.1 Å². The van der Waals surface area contributed by atoms with Gasteiger partial charge in [0.2, 0.25) is 5.91 Å².